The van der Waals surface area contributed by atoms with Gasteiger partial charge < -0.3 is 14.5 Å². The van der Waals surface area contributed by atoms with Gasteiger partial charge in [0, 0.05) is 18.7 Å². The summed E-state index contributed by atoms with van der Waals surface area (Å²) in [5.41, 5.74) is 1.72. The quantitative estimate of drug-likeness (QED) is 0.759. The standard InChI is InChI=1S/C14H20N2O2/c1-11-9-16(7-6-15(2)3)13-8-12(10-17)4-5-14(13)18-11/h4-5,8,10-11H,6-7,9H2,1-3H3. The van der Waals surface area contributed by atoms with Crippen LogP contribution < -0.4 is 9.64 Å². The molecule has 0 saturated heterocycles. The summed E-state index contributed by atoms with van der Waals surface area (Å²) in [6, 6.07) is 5.59. The number of nitrogens with zero attached hydrogens (tertiary/aromatic N) is 2. The maximum absolute atomic E-state index is 10.9. The molecule has 1 unspecified atom stereocenters. The smallest absolute Gasteiger partial charge is 0.150 e. The number of fused-ring (bicyclic) bond motifs is 1. The van der Waals surface area contributed by atoms with Crippen LogP contribution in [-0.4, -0.2) is 51.0 Å². The van der Waals surface area contributed by atoms with Crippen LogP contribution in [0.1, 0.15) is 17.3 Å². The van der Waals surface area contributed by atoms with Crippen molar-refractivity contribution in [3.63, 3.8) is 0 Å². The highest BCUT2D eigenvalue weighted by Crippen LogP contribution is 2.33. The first-order valence-electron chi connectivity index (χ1n) is 6.25. The first kappa shape index (κ1) is 12.9. The second kappa shape index (κ2) is 5.40. The zero-order valence-electron chi connectivity index (χ0n) is 11.2. The van der Waals surface area contributed by atoms with Crippen molar-refractivity contribution in [2.75, 3.05) is 38.6 Å². The van der Waals surface area contributed by atoms with Crippen molar-refractivity contribution in [3.05, 3.63) is 23.8 Å². The Hall–Kier alpha value is -1.55. The van der Waals surface area contributed by atoms with Crippen molar-refractivity contribution in [1.29, 1.82) is 0 Å². The number of carbonyl (C=O) groups excluding carboxylic acids is 1. The van der Waals surface area contributed by atoms with Crippen molar-refractivity contribution in [2.24, 2.45) is 0 Å². The number of hydrogen-bond acceptors (Lipinski definition) is 4. The molecule has 0 amide bonds. The molecule has 18 heavy (non-hydrogen) atoms. The fourth-order valence-electron chi connectivity index (χ4n) is 2.15. The summed E-state index contributed by atoms with van der Waals surface area (Å²) in [5.74, 6) is 0.873. The largest absolute Gasteiger partial charge is 0.487 e. The molecule has 4 heteroatoms. The minimum Gasteiger partial charge on any atom is -0.487 e. The van der Waals surface area contributed by atoms with Gasteiger partial charge >= 0.3 is 0 Å². The minimum atomic E-state index is 0.182. The molecule has 0 N–H and O–H groups in total. The number of aldehydes is 1. The lowest BCUT2D eigenvalue weighted by Gasteiger charge is -2.35. The van der Waals surface area contributed by atoms with Crippen LogP contribution in [0.3, 0.4) is 0 Å². The van der Waals surface area contributed by atoms with Crippen LogP contribution in [0.2, 0.25) is 0 Å². The van der Waals surface area contributed by atoms with Crippen LogP contribution in [0.25, 0.3) is 0 Å². The van der Waals surface area contributed by atoms with E-state index in [9.17, 15) is 4.79 Å². The monoisotopic (exact) mass is 248 g/mol. The van der Waals surface area contributed by atoms with E-state index in [1.54, 1.807) is 6.07 Å². The predicted molar refractivity (Wildman–Crippen MR) is 72.7 cm³/mol. The number of anilines is 1. The van der Waals surface area contributed by atoms with Crippen molar-refractivity contribution in [1.82, 2.24) is 4.90 Å². The molecule has 0 radical (unpaired) electrons. The molecule has 0 aromatic heterocycles. The second-order valence-corrected chi connectivity index (χ2v) is 5.02. The van der Waals surface area contributed by atoms with Gasteiger partial charge in [0.15, 0.2) is 0 Å². The topological polar surface area (TPSA) is 32.8 Å². The lowest BCUT2D eigenvalue weighted by Crippen LogP contribution is -2.41. The lowest BCUT2D eigenvalue weighted by atomic mass is 10.1. The SMILES string of the molecule is CC1CN(CCN(C)C)c2cc(C=O)ccc2O1. The third kappa shape index (κ3) is 2.82. The molecule has 1 aromatic carbocycles. The van der Waals surface area contributed by atoms with Crippen LogP contribution in [0.4, 0.5) is 5.69 Å². The van der Waals surface area contributed by atoms with E-state index in [-0.39, 0.29) is 6.10 Å². The molecule has 1 aliphatic rings. The summed E-state index contributed by atoms with van der Waals surface area (Å²) >= 11 is 0. The van der Waals surface area contributed by atoms with E-state index >= 15 is 0 Å². The lowest BCUT2D eigenvalue weighted by molar-refractivity contribution is 0.112. The van der Waals surface area contributed by atoms with Gasteiger partial charge in [-0.05, 0) is 39.2 Å². The Kier molecular flexibility index (Phi) is 3.87. The zero-order chi connectivity index (χ0) is 13.1. The second-order valence-electron chi connectivity index (χ2n) is 5.02. The van der Waals surface area contributed by atoms with Crippen LogP contribution in [0.15, 0.2) is 18.2 Å². The van der Waals surface area contributed by atoms with E-state index in [0.717, 1.165) is 37.4 Å². The van der Waals surface area contributed by atoms with Gasteiger partial charge in [0.05, 0.1) is 12.2 Å². The summed E-state index contributed by atoms with van der Waals surface area (Å²) in [6.07, 6.45) is 1.06. The third-order valence-corrected chi connectivity index (χ3v) is 3.08. The number of hydrogen-bond donors (Lipinski definition) is 0. The molecule has 1 aromatic rings. The third-order valence-electron chi connectivity index (χ3n) is 3.08. The Morgan fingerprint density at radius 3 is 2.94 bits per heavy atom. The van der Waals surface area contributed by atoms with Gasteiger partial charge in [-0.1, -0.05) is 0 Å². The molecule has 4 nitrogen and oxygen atoms in total. The number of likely N-dealkylation sites (N-methyl/N-ethyl adjacent to an activating group) is 1. The maximum atomic E-state index is 10.9. The first-order chi connectivity index (χ1) is 8.60. The van der Waals surface area contributed by atoms with E-state index in [0.29, 0.717) is 5.56 Å². The number of carbonyl (C=O) groups is 1. The minimum absolute atomic E-state index is 0.182. The number of benzene rings is 1. The molecule has 98 valence electrons. The molecule has 2 rings (SSSR count). The van der Waals surface area contributed by atoms with Crippen molar-refractivity contribution in [3.8, 4) is 5.75 Å². The normalized spacial score (nSPS) is 18.4. The van der Waals surface area contributed by atoms with E-state index in [2.05, 4.69) is 30.8 Å². The summed E-state index contributed by atoms with van der Waals surface area (Å²) < 4.78 is 5.80. The van der Waals surface area contributed by atoms with E-state index in [1.807, 2.05) is 12.1 Å². The Bertz CT molecular complexity index is 432. The molecule has 1 aliphatic heterocycles. The number of ether oxygens (including phenoxy) is 1. The predicted octanol–water partition coefficient (Wildman–Crippen LogP) is 1.65. The highest BCUT2D eigenvalue weighted by molar-refractivity contribution is 5.79. The molecular weight excluding hydrogens is 228 g/mol. The molecule has 0 spiro atoms. The van der Waals surface area contributed by atoms with Gasteiger partial charge in [-0.2, -0.15) is 0 Å². The van der Waals surface area contributed by atoms with Crippen LogP contribution in [0.5, 0.6) is 5.75 Å². The average molecular weight is 248 g/mol. The highest BCUT2D eigenvalue weighted by Gasteiger charge is 2.22. The Morgan fingerprint density at radius 2 is 2.28 bits per heavy atom. The molecular formula is C14H20N2O2. The summed E-state index contributed by atoms with van der Waals surface area (Å²) in [5, 5.41) is 0. The van der Waals surface area contributed by atoms with Crippen LogP contribution in [-0.2, 0) is 0 Å². The van der Waals surface area contributed by atoms with Gasteiger partial charge in [-0.15, -0.1) is 0 Å². The molecule has 0 aliphatic carbocycles. The van der Waals surface area contributed by atoms with E-state index < -0.39 is 0 Å². The molecule has 0 fully saturated rings. The Labute approximate surface area is 108 Å². The van der Waals surface area contributed by atoms with Crippen LogP contribution in [0, 0.1) is 0 Å². The summed E-state index contributed by atoms with van der Waals surface area (Å²) in [7, 11) is 4.12. The molecule has 1 atom stereocenters. The molecule has 1 heterocycles. The highest BCUT2D eigenvalue weighted by atomic mass is 16.5. The average Bonchev–Trinajstić information content (AvgIpc) is 2.35. The Balaban J connectivity index is 2.24. The van der Waals surface area contributed by atoms with E-state index in [1.165, 1.54) is 0 Å². The Morgan fingerprint density at radius 1 is 1.50 bits per heavy atom. The maximum Gasteiger partial charge on any atom is 0.150 e. The van der Waals surface area contributed by atoms with Crippen molar-refractivity contribution >= 4 is 12.0 Å². The fourth-order valence-corrected chi connectivity index (χ4v) is 2.15. The molecule has 0 bridgehead atoms. The van der Waals surface area contributed by atoms with Crippen LogP contribution >= 0.6 is 0 Å². The first-order valence-corrected chi connectivity index (χ1v) is 6.25. The summed E-state index contributed by atoms with van der Waals surface area (Å²) in [6.45, 7) is 4.86. The fraction of sp³-hybridized carbons (Fsp3) is 0.500. The van der Waals surface area contributed by atoms with Gasteiger partial charge in [0.25, 0.3) is 0 Å². The number of rotatable bonds is 4. The van der Waals surface area contributed by atoms with Gasteiger partial charge in [-0.3, -0.25) is 4.79 Å². The van der Waals surface area contributed by atoms with Crippen molar-refractivity contribution in [2.45, 2.75) is 13.0 Å². The zero-order valence-corrected chi connectivity index (χ0v) is 11.2. The van der Waals surface area contributed by atoms with Gasteiger partial charge in [0.2, 0.25) is 0 Å². The van der Waals surface area contributed by atoms with Crippen molar-refractivity contribution < 1.29 is 9.53 Å². The van der Waals surface area contributed by atoms with Gasteiger partial charge in [0.1, 0.15) is 18.1 Å². The van der Waals surface area contributed by atoms with Gasteiger partial charge in [-0.25, -0.2) is 0 Å². The molecule has 0 saturated carbocycles. The van der Waals surface area contributed by atoms with E-state index in [4.69, 9.17) is 4.74 Å². The summed E-state index contributed by atoms with van der Waals surface area (Å²) in [4.78, 5) is 15.3.